The van der Waals surface area contributed by atoms with Crippen molar-refractivity contribution in [2.75, 3.05) is 0 Å². The molecule has 0 saturated carbocycles. The lowest BCUT2D eigenvalue weighted by molar-refractivity contribution is -0.138. The van der Waals surface area contributed by atoms with Crippen LogP contribution in [-0.4, -0.2) is 16.0 Å². The van der Waals surface area contributed by atoms with Crippen LogP contribution in [0.5, 0.6) is 0 Å². The lowest BCUT2D eigenvalue weighted by Crippen LogP contribution is -2.26. The molecule has 0 atom stereocenters. The van der Waals surface area contributed by atoms with Gasteiger partial charge in [0, 0.05) is 6.42 Å². The summed E-state index contributed by atoms with van der Waals surface area (Å²) < 4.78 is 43.7. The Labute approximate surface area is 137 Å². The molecule has 8 heteroatoms. The van der Waals surface area contributed by atoms with E-state index in [1.807, 2.05) is 13.8 Å². The highest BCUT2D eigenvalue weighted by atomic mass is 19.4. The third-order valence-corrected chi connectivity index (χ3v) is 3.21. The first-order valence-corrected chi connectivity index (χ1v) is 7.49. The normalized spacial score (nSPS) is 11.8. The molecule has 0 aliphatic heterocycles. The van der Waals surface area contributed by atoms with Gasteiger partial charge in [-0.1, -0.05) is 37.2 Å². The van der Waals surface area contributed by atoms with Crippen molar-refractivity contribution in [2.24, 2.45) is 5.92 Å². The maximum atomic E-state index is 12.9. The maximum Gasteiger partial charge on any atom is 0.416 e. The van der Waals surface area contributed by atoms with Gasteiger partial charge in [0.2, 0.25) is 11.8 Å². The molecule has 0 radical (unpaired) electrons. The second-order valence-electron chi connectivity index (χ2n) is 5.81. The van der Waals surface area contributed by atoms with E-state index >= 15 is 0 Å². The summed E-state index contributed by atoms with van der Waals surface area (Å²) in [7, 11) is 0. The van der Waals surface area contributed by atoms with Crippen LogP contribution >= 0.6 is 0 Å². The van der Waals surface area contributed by atoms with Gasteiger partial charge in [0.25, 0.3) is 0 Å². The predicted molar refractivity (Wildman–Crippen MR) is 79.8 cm³/mol. The molecule has 0 saturated heterocycles. The van der Waals surface area contributed by atoms with Gasteiger partial charge < -0.3 is 9.84 Å². The van der Waals surface area contributed by atoms with E-state index in [1.165, 1.54) is 18.2 Å². The quantitative estimate of drug-likeness (QED) is 0.876. The number of carbonyl (C=O) groups excluding carboxylic acids is 1. The van der Waals surface area contributed by atoms with Gasteiger partial charge in [0.1, 0.15) is 0 Å². The molecule has 0 spiro atoms. The first-order chi connectivity index (χ1) is 11.3. The first-order valence-electron chi connectivity index (χ1n) is 7.49. The largest absolute Gasteiger partial charge is 0.416 e. The van der Waals surface area contributed by atoms with Crippen molar-refractivity contribution in [2.45, 2.75) is 39.4 Å². The Morgan fingerprint density at radius 3 is 2.67 bits per heavy atom. The first kappa shape index (κ1) is 18.0. The molecular formula is C16H18F3N3O2. The Kier molecular flexibility index (Phi) is 5.58. The SMILES string of the molecule is CC(C)Cc1noc(CNC(=O)Cc2ccccc2C(F)(F)F)n1. The number of rotatable bonds is 6. The van der Waals surface area contributed by atoms with Gasteiger partial charge in [-0.2, -0.15) is 18.2 Å². The van der Waals surface area contributed by atoms with Gasteiger partial charge in [0.05, 0.1) is 18.5 Å². The second-order valence-corrected chi connectivity index (χ2v) is 5.81. The molecule has 0 aliphatic carbocycles. The summed E-state index contributed by atoms with van der Waals surface area (Å²) in [5.74, 6) is 0.582. The summed E-state index contributed by atoms with van der Waals surface area (Å²) in [6.45, 7) is 4.00. The number of carbonyl (C=O) groups is 1. The van der Waals surface area contributed by atoms with Crippen LogP contribution in [-0.2, 0) is 30.4 Å². The van der Waals surface area contributed by atoms with Crippen LogP contribution < -0.4 is 5.32 Å². The zero-order chi connectivity index (χ0) is 17.7. The van der Waals surface area contributed by atoms with E-state index in [4.69, 9.17) is 4.52 Å². The fourth-order valence-corrected chi connectivity index (χ4v) is 2.17. The maximum absolute atomic E-state index is 12.9. The number of benzene rings is 1. The molecule has 1 aromatic heterocycles. The number of hydrogen-bond donors (Lipinski definition) is 1. The van der Waals surface area contributed by atoms with Crippen LogP contribution in [0.2, 0.25) is 0 Å². The molecule has 1 N–H and O–H groups in total. The molecule has 2 aromatic rings. The van der Waals surface area contributed by atoms with Gasteiger partial charge in [0.15, 0.2) is 5.82 Å². The van der Waals surface area contributed by atoms with Crippen LogP contribution in [0, 0.1) is 5.92 Å². The van der Waals surface area contributed by atoms with E-state index in [-0.39, 0.29) is 24.4 Å². The Bertz CT molecular complexity index is 696. The van der Waals surface area contributed by atoms with Gasteiger partial charge in [-0.15, -0.1) is 0 Å². The topological polar surface area (TPSA) is 68.0 Å². The molecule has 1 heterocycles. The average molecular weight is 341 g/mol. The van der Waals surface area contributed by atoms with Crippen LogP contribution in [0.25, 0.3) is 0 Å². The minimum atomic E-state index is -4.49. The zero-order valence-corrected chi connectivity index (χ0v) is 13.4. The number of nitrogens with one attached hydrogen (secondary N) is 1. The molecule has 130 valence electrons. The van der Waals surface area contributed by atoms with Crippen molar-refractivity contribution in [3.8, 4) is 0 Å². The van der Waals surface area contributed by atoms with Crippen molar-refractivity contribution in [1.82, 2.24) is 15.5 Å². The number of hydrogen-bond acceptors (Lipinski definition) is 4. The number of amides is 1. The van der Waals surface area contributed by atoms with Crippen molar-refractivity contribution in [3.63, 3.8) is 0 Å². The third-order valence-electron chi connectivity index (χ3n) is 3.21. The van der Waals surface area contributed by atoms with Gasteiger partial charge >= 0.3 is 6.18 Å². The van der Waals surface area contributed by atoms with E-state index in [2.05, 4.69) is 15.5 Å². The minimum absolute atomic E-state index is 0.0158. The molecule has 0 unspecified atom stereocenters. The molecule has 0 fully saturated rings. The minimum Gasteiger partial charge on any atom is -0.347 e. The molecule has 0 aliphatic rings. The Hall–Kier alpha value is -2.38. The van der Waals surface area contributed by atoms with Gasteiger partial charge in [-0.3, -0.25) is 4.79 Å². The van der Waals surface area contributed by atoms with Crippen LogP contribution in [0.4, 0.5) is 13.2 Å². The number of alkyl halides is 3. The summed E-state index contributed by atoms with van der Waals surface area (Å²) in [4.78, 5) is 16.0. The summed E-state index contributed by atoms with van der Waals surface area (Å²) in [6.07, 6.45) is -4.21. The highest BCUT2D eigenvalue weighted by Gasteiger charge is 2.33. The van der Waals surface area contributed by atoms with Crippen molar-refractivity contribution >= 4 is 5.91 Å². The molecular weight excluding hydrogens is 323 g/mol. The Morgan fingerprint density at radius 1 is 1.29 bits per heavy atom. The van der Waals surface area contributed by atoms with E-state index in [0.29, 0.717) is 18.2 Å². The molecule has 0 bridgehead atoms. The lowest BCUT2D eigenvalue weighted by atomic mass is 10.0. The standard InChI is InChI=1S/C16H18F3N3O2/c1-10(2)7-13-21-15(24-22-13)9-20-14(23)8-11-5-3-4-6-12(11)16(17,18)19/h3-6,10H,7-9H2,1-2H3,(H,20,23). The highest BCUT2D eigenvalue weighted by molar-refractivity contribution is 5.78. The number of aromatic nitrogens is 2. The van der Waals surface area contributed by atoms with Crippen LogP contribution in [0.15, 0.2) is 28.8 Å². The highest BCUT2D eigenvalue weighted by Crippen LogP contribution is 2.31. The second kappa shape index (κ2) is 7.46. The van der Waals surface area contributed by atoms with Crippen LogP contribution in [0.3, 0.4) is 0 Å². The van der Waals surface area contributed by atoms with Crippen molar-refractivity contribution in [3.05, 3.63) is 47.1 Å². The molecule has 1 aromatic carbocycles. The fourth-order valence-electron chi connectivity index (χ4n) is 2.17. The lowest BCUT2D eigenvalue weighted by Gasteiger charge is -2.12. The molecule has 5 nitrogen and oxygen atoms in total. The summed E-state index contributed by atoms with van der Waals surface area (Å²) >= 11 is 0. The monoisotopic (exact) mass is 341 g/mol. The Balaban J connectivity index is 1.94. The summed E-state index contributed by atoms with van der Waals surface area (Å²) in [5.41, 5.74) is -0.884. The van der Waals surface area contributed by atoms with Gasteiger partial charge in [-0.05, 0) is 17.5 Å². The van der Waals surface area contributed by atoms with Crippen molar-refractivity contribution in [1.29, 1.82) is 0 Å². The van der Waals surface area contributed by atoms with E-state index in [0.717, 1.165) is 6.07 Å². The van der Waals surface area contributed by atoms with Crippen LogP contribution in [0.1, 0.15) is 36.7 Å². The van der Waals surface area contributed by atoms with Crippen molar-refractivity contribution < 1.29 is 22.5 Å². The zero-order valence-electron chi connectivity index (χ0n) is 13.4. The van der Waals surface area contributed by atoms with E-state index in [9.17, 15) is 18.0 Å². The van der Waals surface area contributed by atoms with E-state index < -0.39 is 17.6 Å². The number of nitrogens with zero attached hydrogens (tertiary/aromatic N) is 2. The third kappa shape index (κ3) is 5.07. The summed E-state index contributed by atoms with van der Waals surface area (Å²) in [5, 5.41) is 6.27. The summed E-state index contributed by atoms with van der Waals surface area (Å²) in [6, 6.07) is 5.00. The predicted octanol–water partition coefficient (Wildman–Crippen LogP) is 3.15. The molecule has 24 heavy (non-hydrogen) atoms. The average Bonchev–Trinajstić information content (AvgIpc) is 2.91. The molecule has 1 amide bonds. The Morgan fingerprint density at radius 2 is 2.00 bits per heavy atom. The smallest absolute Gasteiger partial charge is 0.347 e. The molecule has 2 rings (SSSR count). The van der Waals surface area contributed by atoms with Gasteiger partial charge in [-0.25, -0.2) is 0 Å². The fraction of sp³-hybridized carbons (Fsp3) is 0.438. The number of halogens is 3. The van der Waals surface area contributed by atoms with E-state index in [1.54, 1.807) is 0 Å².